The third kappa shape index (κ3) is 5.96. The van der Waals surface area contributed by atoms with E-state index < -0.39 is 5.60 Å². The van der Waals surface area contributed by atoms with Crippen molar-refractivity contribution in [2.75, 3.05) is 0 Å². The van der Waals surface area contributed by atoms with E-state index in [1.54, 1.807) is 0 Å². The average Bonchev–Trinajstić information content (AvgIpc) is 2.23. The Morgan fingerprint density at radius 1 is 1.10 bits per heavy atom. The van der Waals surface area contributed by atoms with Crippen LogP contribution in [0.25, 0.3) is 0 Å². The van der Waals surface area contributed by atoms with Crippen molar-refractivity contribution in [3.05, 3.63) is 34.9 Å². The number of rotatable bonds is 3. The van der Waals surface area contributed by atoms with Crippen LogP contribution in [-0.4, -0.2) is 11.6 Å². The molecule has 0 N–H and O–H groups in total. The van der Waals surface area contributed by atoms with E-state index in [-0.39, 0.29) is 17.3 Å². The second kappa shape index (κ2) is 6.17. The molecule has 0 saturated carbocycles. The molecular formula is C17H25ClO2. The van der Waals surface area contributed by atoms with Gasteiger partial charge in [-0.3, -0.25) is 4.79 Å². The van der Waals surface area contributed by atoms with Gasteiger partial charge in [0.2, 0.25) is 0 Å². The summed E-state index contributed by atoms with van der Waals surface area (Å²) >= 11 is 5.92. The lowest BCUT2D eigenvalue weighted by Gasteiger charge is -2.28. The number of hydrogen-bond donors (Lipinski definition) is 0. The van der Waals surface area contributed by atoms with Crippen molar-refractivity contribution in [3.63, 3.8) is 0 Å². The Kier molecular flexibility index (Phi) is 5.26. The van der Waals surface area contributed by atoms with Gasteiger partial charge in [-0.2, -0.15) is 0 Å². The molecule has 1 aromatic rings. The van der Waals surface area contributed by atoms with Gasteiger partial charge in [0.1, 0.15) is 5.60 Å². The van der Waals surface area contributed by atoms with Crippen molar-refractivity contribution in [2.45, 2.75) is 59.5 Å². The molecule has 0 aromatic heterocycles. The van der Waals surface area contributed by atoms with E-state index in [1.807, 2.05) is 45.0 Å². The molecule has 0 aliphatic carbocycles. The fourth-order valence-electron chi connectivity index (χ4n) is 2.02. The lowest BCUT2D eigenvalue weighted by molar-refractivity contribution is -0.157. The summed E-state index contributed by atoms with van der Waals surface area (Å²) in [5.74, 6) is -0.429. The summed E-state index contributed by atoms with van der Waals surface area (Å²) in [5, 5.41) is 0.674. The van der Waals surface area contributed by atoms with Crippen LogP contribution in [0.4, 0.5) is 0 Å². The molecular weight excluding hydrogens is 272 g/mol. The zero-order chi connectivity index (χ0) is 15.6. The van der Waals surface area contributed by atoms with E-state index in [4.69, 9.17) is 16.3 Å². The topological polar surface area (TPSA) is 26.3 Å². The zero-order valence-electron chi connectivity index (χ0n) is 13.3. The maximum absolute atomic E-state index is 12.5. The van der Waals surface area contributed by atoms with Gasteiger partial charge in [-0.05, 0) is 50.3 Å². The predicted molar refractivity (Wildman–Crippen MR) is 84.1 cm³/mol. The molecule has 0 heterocycles. The minimum atomic E-state index is -0.473. The van der Waals surface area contributed by atoms with Gasteiger partial charge in [0.25, 0.3) is 0 Å². The SMILES string of the molecule is CC(C)(C)C[C@@H](C(=O)OC(C)(C)C)c1ccc(Cl)cc1. The van der Waals surface area contributed by atoms with E-state index in [2.05, 4.69) is 20.8 Å². The van der Waals surface area contributed by atoms with Crippen LogP contribution in [-0.2, 0) is 9.53 Å². The Bertz CT molecular complexity index is 449. The van der Waals surface area contributed by atoms with E-state index >= 15 is 0 Å². The molecule has 0 aliphatic heterocycles. The van der Waals surface area contributed by atoms with Crippen LogP contribution in [0.3, 0.4) is 0 Å². The average molecular weight is 297 g/mol. The van der Waals surface area contributed by atoms with Crippen LogP contribution in [0.2, 0.25) is 5.02 Å². The van der Waals surface area contributed by atoms with Crippen molar-refractivity contribution < 1.29 is 9.53 Å². The van der Waals surface area contributed by atoms with Crippen molar-refractivity contribution in [1.82, 2.24) is 0 Å². The number of esters is 1. The minimum absolute atomic E-state index is 0.0429. The van der Waals surface area contributed by atoms with Crippen molar-refractivity contribution in [3.8, 4) is 0 Å². The van der Waals surface area contributed by atoms with Gasteiger partial charge in [0, 0.05) is 5.02 Å². The smallest absolute Gasteiger partial charge is 0.313 e. The molecule has 0 saturated heterocycles. The molecule has 20 heavy (non-hydrogen) atoms. The van der Waals surface area contributed by atoms with E-state index in [0.717, 1.165) is 12.0 Å². The summed E-state index contributed by atoms with van der Waals surface area (Å²) < 4.78 is 5.56. The second-order valence-electron chi connectivity index (χ2n) is 7.40. The van der Waals surface area contributed by atoms with Crippen LogP contribution in [0.1, 0.15) is 59.4 Å². The van der Waals surface area contributed by atoms with Gasteiger partial charge < -0.3 is 4.74 Å². The number of ether oxygens (including phenoxy) is 1. The van der Waals surface area contributed by atoms with Crippen molar-refractivity contribution in [1.29, 1.82) is 0 Å². The summed E-state index contributed by atoms with van der Waals surface area (Å²) in [4.78, 5) is 12.5. The van der Waals surface area contributed by atoms with Gasteiger partial charge in [0.05, 0.1) is 5.92 Å². The molecule has 1 aromatic carbocycles. The highest BCUT2D eigenvalue weighted by atomic mass is 35.5. The fraction of sp³-hybridized carbons (Fsp3) is 0.588. The third-order valence-corrected chi connectivity index (χ3v) is 3.03. The highest BCUT2D eigenvalue weighted by molar-refractivity contribution is 6.30. The van der Waals surface area contributed by atoms with Crippen LogP contribution in [0.15, 0.2) is 24.3 Å². The maximum atomic E-state index is 12.5. The molecule has 2 nitrogen and oxygen atoms in total. The maximum Gasteiger partial charge on any atom is 0.313 e. The molecule has 112 valence electrons. The molecule has 1 atom stereocenters. The largest absolute Gasteiger partial charge is 0.459 e. The number of halogens is 1. The van der Waals surface area contributed by atoms with Crippen molar-refractivity contribution >= 4 is 17.6 Å². The Hall–Kier alpha value is -1.02. The molecule has 0 fully saturated rings. The van der Waals surface area contributed by atoms with E-state index in [9.17, 15) is 4.79 Å². The van der Waals surface area contributed by atoms with E-state index in [0.29, 0.717) is 5.02 Å². The second-order valence-corrected chi connectivity index (χ2v) is 7.84. The Morgan fingerprint density at radius 3 is 2.00 bits per heavy atom. The van der Waals surface area contributed by atoms with Gasteiger partial charge >= 0.3 is 5.97 Å². The summed E-state index contributed by atoms with van der Waals surface area (Å²) in [6, 6.07) is 7.44. The van der Waals surface area contributed by atoms with Crippen LogP contribution < -0.4 is 0 Å². The van der Waals surface area contributed by atoms with Crippen LogP contribution in [0, 0.1) is 5.41 Å². The molecule has 3 heteroatoms. The summed E-state index contributed by atoms with van der Waals surface area (Å²) in [6.45, 7) is 12.0. The van der Waals surface area contributed by atoms with Gasteiger partial charge in [-0.1, -0.05) is 44.5 Å². The molecule has 1 rings (SSSR count). The van der Waals surface area contributed by atoms with Gasteiger partial charge in [0.15, 0.2) is 0 Å². The van der Waals surface area contributed by atoms with Gasteiger partial charge in [-0.25, -0.2) is 0 Å². The summed E-state index contributed by atoms with van der Waals surface area (Å²) in [6.07, 6.45) is 0.740. The number of benzene rings is 1. The van der Waals surface area contributed by atoms with Gasteiger partial charge in [-0.15, -0.1) is 0 Å². The molecule has 0 bridgehead atoms. The standard InChI is InChI=1S/C17H25ClO2/c1-16(2,3)11-14(15(19)20-17(4,5)6)12-7-9-13(18)10-8-12/h7-10,14H,11H2,1-6H3/t14-/m1/s1. The summed E-state index contributed by atoms with van der Waals surface area (Å²) in [7, 11) is 0. The molecule has 0 unspecified atom stereocenters. The van der Waals surface area contributed by atoms with Crippen LogP contribution in [0.5, 0.6) is 0 Å². The molecule has 0 amide bonds. The molecule has 0 aliphatic rings. The Morgan fingerprint density at radius 2 is 1.60 bits per heavy atom. The molecule has 0 radical (unpaired) electrons. The van der Waals surface area contributed by atoms with Crippen LogP contribution >= 0.6 is 11.6 Å². The first kappa shape index (κ1) is 17.0. The highest BCUT2D eigenvalue weighted by Gasteiger charge is 2.30. The quantitative estimate of drug-likeness (QED) is 0.716. The fourth-order valence-corrected chi connectivity index (χ4v) is 2.14. The number of hydrogen-bond acceptors (Lipinski definition) is 2. The summed E-state index contributed by atoms with van der Waals surface area (Å²) in [5.41, 5.74) is 0.527. The number of carbonyl (C=O) groups is 1. The monoisotopic (exact) mass is 296 g/mol. The molecule has 0 spiro atoms. The van der Waals surface area contributed by atoms with E-state index in [1.165, 1.54) is 0 Å². The Labute approximate surface area is 127 Å². The first-order chi connectivity index (χ1) is 8.98. The lowest BCUT2D eigenvalue weighted by atomic mass is 9.81. The Balaban J connectivity index is 3.02. The lowest BCUT2D eigenvalue weighted by Crippen LogP contribution is -2.29. The normalized spacial score (nSPS) is 13.9. The third-order valence-electron chi connectivity index (χ3n) is 2.78. The minimum Gasteiger partial charge on any atom is -0.459 e. The first-order valence-electron chi connectivity index (χ1n) is 6.96. The highest BCUT2D eigenvalue weighted by Crippen LogP contribution is 2.33. The zero-order valence-corrected chi connectivity index (χ0v) is 14.0. The first-order valence-corrected chi connectivity index (χ1v) is 7.34. The number of carbonyl (C=O) groups excluding carboxylic acids is 1. The van der Waals surface area contributed by atoms with Crippen molar-refractivity contribution in [2.24, 2.45) is 5.41 Å². The predicted octanol–water partition coefficient (Wildman–Crippen LogP) is 5.20.